The van der Waals surface area contributed by atoms with Crippen LogP contribution in [0.3, 0.4) is 0 Å². The molecule has 2 N–H and O–H groups in total. The smallest absolute Gasteiger partial charge is 0.225 e. The lowest BCUT2D eigenvalue weighted by Crippen LogP contribution is -2.42. The Balaban J connectivity index is 1.45. The van der Waals surface area contributed by atoms with Crippen molar-refractivity contribution in [2.75, 3.05) is 13.2 Å². The van der Waals surface area contributed by atoms with Crippen molar-refractivity contribution >= 4 is 5.91 Å². The van der Waals surface area contributed by atoms with Gasteiger partial charge in [-0.15, -0.1) is 0 Å². The highest BCUT2D eigenvalue weighted by atomic mass is 16.5. The van der Waals surface area contributed by atoms with E-state index in [2.05, 4.69) is 25.1 Å². The molecule has 1 aromatic carbocycles. The lowest BCUT2D eigenvalue weighted by molar-refractivity contribution is -0.135. The Bertz CT molecular complexity index is 867. The predicted molar refractivity (Wildman–Crippen MR) is 136 cm³/mol. The average Bonchev–Trinajstić information content (AvgIpc) is 3.25. The Kier molecular flexibility index (Phi) is 9.52. The van der Waals surface area contributed by atoms with Gasteiger partial charge in [0, 0.05) is 24.4 Å². The second kappa shape index (κ2) is 12.1. The zero-order valence-corrected chi connectivity index (χ0v) is 21.5. The highest BCUT2D eigenvalue weighted by Crippen LogP contribution is 2.47. The van der Waals surface area contributed by atoms with Crippen LogP contribution in [0.25, 0.3) is 0 Å². The molecule has 0 saturated heterocycles. The molecule has 5 atom stereocenters. The highest BCUT2D eigenvalue weighted by Gasteiger charge is 2.43. The number of rotatable bonds is 11. The number of hydrogen-bond donors (Lipinski definition) is 2. The van der Waals surface area contributed by atoms with E-state index in [1.54, 1.807) is 0 Å². The minimum atomic E-state index is -0.556. The summed E-state index contributed by atoms with van der Waals surface area (Å²) in [6, 6.07) is 8.59. The van der Waals surface area contributed by atoms with Gasteiger partial charge in [0.1, 0.15) is 0 Å². The molecule has 1 fully saturated rings. The van der Waals surface area contributed by atoms with Crippen LogP contribution < -0.4 is 0 Å². The van der Waals surface area contributed by atoms with Gasteiger partial charge in [0.05, 0.1) is 31.8 Å². The standard InChI is InChI=1S/C29H43NO4/c1-19(2)30(20(3)4)29(33)11-12-34-18-23-14-24-17-28(32)26(27(24)16-23)10-9-25(31)15-22-8-6-7-21(5)13-22/h6-10,13-14,19-20,24-28,31-32H,11-12,15-18H2,1-5H3/t24-,25-,26+,27-,28+/m0/s1. The Labute approximate surface area is 205 Å². The first-order chi connectivity index (χ1) is 16.2. The van der Waals surface area contributed by atoms with Crippen LogP contribution >= 0.6 is 0 Å². The first-order valence-electron chi connectivity index (χ1n) is 12.8. The van der Waals surface area contributed by atoms with Crippen molar-refractivity contribution in [3.63, 3.8) is 0 Å². The number of ether oxygens (including phenoxy) is 1. The maximum Gasteiger partial charge on any atom is 0.225 e. The van der Waals surface area contributed by atoms with E-state index in [4.69, 9.17) is 4.74 Å². The number of fused-ring (bicyclic) bond motifs is 1. The van der Waals surface area contributed by atoms with Crippen LogP contribution in [-0.4, -0.2) is 58.5 Å². The second-order valence-electron chi connectivity index (χ2n) is 10.7. The molecule has 2 aliphatic carbocycles. The van der Waals surface area contributed by atoms with E-state index in [1.807, 2.05) is 56.9 Å². The molecule has 0 aromatic heterocycles. The van der Waals surface area contributed by atoms with Gasteiger partial charge in [0.25, 0.3) is 0 Å². The van der Waals surface area contributed by atoms with E-state index in [1.165, 1.54) is 11.1 Å². The molecule has 5 heteroatoms. The van der Waals surface area contributed by atoms with E-state index < -0.39 is 6.10 Å². The minimum Gasteiger partial charge on any atom is -0.392 e. The molecule has 0 spiro atoms. The zero-order chi connectivity index (χ0) is 24.8. The van der Waals surface area contributed by atoms with Crippen LogP contribution in [0.1, 0.15) is 58.1 Å². The topological polar surface area (TPSA) is 70.0 Å². The fraction of sp³-hybridized carbons (Fsp3) is 0.621. The van der Waals surface area contributed by atoms with Crippen molar-refractivity contribution in [2.45, 2.75) is 84.6 Å². The molecule has 0 radical (unpaired) electrons. The molecule has 0 bridgehead atoms. The number of carbonyl (C=O) groups excluding carboxylic acids is 1. The number of amides is 1. The molecular formula is C29H43NO4. The first-order valence-corrected chi connectivity index (χ1v) is 12.8. The number of aryl methyl sites for hydroxylation is 1. The van der Waals surface area contributed by atoms with Crippen LogP contribution in [0.5, 0.6) is 0 Å². The van der Waals surface area contributed by atoms with Crippen molar-refractivity contribution in [2.24, 2.45) is 17.8 Å². The number of carbonyl (C=O) groups is 1. The summed E-state index contributed by atoms with van der Waals surface area (Å²) in [5.74, 6) is 0.907. The average molecular weight is 470 g/mol. The fourth-order valence-corrected chi connectivity index (χ4v) is 5.78. The summed E-state index contributed by atoms with van der Waals surface area (Å²) >= 11 is 0. The van der Waals surface area contributed by atoms with Gasteiger partial charge in [-0.3, -0.25) is 4.79 Å². The zero-order valence-electron chi connectivity index (χ0n) is 21.5. The Hall–Kier alpha value is -1.95. The normalized spacial score (nSPS) is 25.3. The van der Waals surface area contributed by atoms with Crippen LogP contribution in [0.2, 0.25) is 0 Å². The summed E-state index contributed by atoms with van der Waals surface area (Å²) < 4.78 is 5.86. The van der Waals surface area contributed by atoms with Crippen molar-refractivity contribution < 1.29 is 19.7 Å². The molecule has 188 valence electrons. The number of aliphatic hydroxyl groups is 2. The number of benzene rings is 1. The monoisotopic (exact) mass is 469 g/mol. The van der Waals surface area contributed by atoms with Crippen molar-refractivity contribution in [1.29, 1.82) is 0 Å². The summed E-state index contributed by atoms with van der Waals surface area (Å²) in [5.41, 5.74) is 3.57. The van der Waals surface area contributed by atoms with Crippen LogP contribution in [0.4, 0.5) is 0 Å². The van der Waals surface area contributed by atoms with E-state index in [-0.39, 0.29) is 30.0 Å². The number of allylic oxidation sites excluding steroid dienone is 1. The lowest BCUT2D eigenvalue weighted by Gasteiger charge is -2.30. The van der Waals surface area contributed by atoms with E-state index in [0.717, 1.165) is 18.4 Å². The summed E-state index contributed by atoms with van der Waals surface area (Å²) in [5, 5.41) is 21.1. The van der Waals surface area contributed by atoms with Crippen molar-refractivity contribution in [3.05, 3.63) is 59.2 Å². The van der Waals surface area contributed by atoms with Gasteiger partial charge < -0.3 is 19.8 Å². The Morgan fingerprint density at radius 2 is 1.97 bits per heavy atom. The molecule has 0 unspecified atom stereocenters. The van der Waals surface area contributed by atoms with Crippen molar-refractivity contribution in [3.8, 4) is 0 Å². The Morgan fingerprint density at radius 3 is 2.65 bits per heavy atom. The van der Waals surface area contributed by atoms with E-state index in [9.17, 15) is 15.0 Å². The van der Waals surface area contributed by atoms with Gasteiger partial charge in [-0.1, -0.05) is 48.1 Å². The van der Waals surface area contributed by atoms with Gasteiger partial charge in [0.2, 0.25) is 5.91 Å². The summed E-state index contributed by atoms with van der Waals surface area (Å²) in [6.07, 6.45) is 7.87. The lowest BCUT2D eigenvalue weighted by atomic mass is 9.89. The van der Waals surface area contributed by atoms with Crippen LogP contribution in [0.15, 0.2) is 48.1 Å². The molecule has 1 saturated carbocycles. The minimum absolute atomic E-state index is 0.0538. The van der Waals surface area contributed by atoms with Gasteiger partial charge in [-0.05, 0) is 70.4 Å². The summed E-state index contributed by atoms with van der Waals surface area (Å²) in [6.45, 7) is 11.2. The molecule has 1 amide bonds. The number of aliphatic hydroxyl groups excluding tert-OH is 2. The quantitative estimate of drug-likeness (QED) is 0.371. The highest BCUT2D eigenvalue weighted by molar-refractivity contribution is 5.76. The predicted octanol–water partition coefficient (Wildman–Crippen LogP) is 4.45. The molecule has 5 nitrogen and oxygen atoms in total. The molecular weight excluding hydrogens is 426 g/mol. The summed E-state index contributed by atoms with van der Waals surface area (Å²) in [4.78, 5) is 14.4. The number of nitrogens with zero attached hydrogens (tertiary/aromatic N) is 1. The molecule has 3 rings (SSSR count). The second-order valence-corrected chi connectivity index (χ2v) is 10.7. The fourth-order valence-electron chi connectivity index (χ4n) is 5.78. The maximum atomic E-state index is 12.5. The van der Waals surface area contributed by atoms with Gasteiger partial charge in [0.15, 0.2) is 0 Å². The van der Waals surface area contributed by atoms with Gasteiger partial charge in [-0.2, -0.15) is 0 Å². The molecule has 2 aliphatic rings. The van der Waals surface area contributed by atoms with Crippen molar-refractivity contribution in [1.82, 2.24) is 4.90 Å². The number of hydrogen-bond acceptors (Lipinski definition) is 4. The third kappa shape index (κ3) is 7.03. The van der Waals surface area contributed by atoms with E-state index >= 15 is 0 Å². The van der Waals surface area contributed by atoms with Crippen LogP contribution in [-0.2, 0) is 16.0 Å². The van der Waals surface area contributed by atoms with Gasteiger partial charge >= 0.3 is 0 Å². The molecule has 1 aromatic rings. The largest absolute Gasteiger partial charge is 0.392 e. The molecule has 0 heterocycles. The Morgan fingerprint density at radius 1 is 1.24 bits per heavy atom. The van der Waals surface area contributed by atoms with E-state index in [0.29, 0.717) is 37.9 Å². The third-order valence-corrected chi connectivity index (χ3v) is 7.18. The maximum absolute atomic E-state index is 12.5. The van der Waals surface area contributed by atoms with Crippen LogP contribution in [0, 0.1) is 24.7 Å². The SMILES string of the molecule is Cc1cccc(C[C@@H](O)C=C[C@@H]2[C@H]3CC(COCCC(=O)N(C(C)C)C(C)C)=C[C@H]3C[C@H]2O)c1. The third-order valence-electron chi connectivity index (χ3n) is 7.18. The summed E-state index contributed by atoms with van der Waals surface area (Å²) in [7, 11) is 0. The first kappa shape index (κ1) is 26.7. The molecule has 0 aliphatic heterocycles. The van der Waals surface area contributed by atoms with Gasteiger partial charge in [-0.25, -0.2) is 0 Å². The molecule has 34 heavy (non-hydrogen) atoms.